The van der Waals surface area contributed by atoms with E-state index in [9.17, 15) is 0 Å². The molecule has 1 atom stereocenters. The van der Waals surface area contributed by atoms with Gasteiger partial charge in [0.15, 0.2) is 0 Å². The fraction of sp³-hybridized carbons (Fsp3) is 1.00. The van der Waals surface area contributed by atoms with Crippen LogP contribution in [0.5, 0.6) is 0 Å². The van der Waals surface area contributed by atoms with Crippen LogP contribution in [0.15, 0.2) is 0 Å². The predicted molar refractivity (Wildman–Crippen MR) is 64.7 cm³/mol. The summed E-state index contributed by atoms with van der Waals surface area (Å²) in [5.74, 6) is 0.914. The van der Waals surface area contributed by atoms with E-state index in [1.807, 2.05) is 0 Å². The van der Waals surface area contributed by atoms with E-state index < -0.39 is 0 Å². The highest BCUT2D eigenvalue weighted by Crippen LogP contribution is 2.16. The molecule has 2 aliphatic heterocycles. The minimum absolute atomic E-state index is 0. The molecule has 2 rings (SSSR count). The zero-order valence-electron chi connectivity index (χ0n) is 9.58. The number of rotatable bonds is 2. The molecule has 0 amide bonds. The lowest BCUT2D eigenvalue weighted by Gasteiger charge is -2.36. The van der Waals surface area contributed by atoms with Crippen LogP contribution in [0, 0.1) is 5.92 Å². The molecule has 2 aliphatic rings. The fourth-order valence-electron chi connectivity index (χ4n) is 2.43. The minimum Gasteiger partial charge on any atom is -0.379 e. The summed E-state index contributed by atoms with van der Waals surface area (Å²) in [6, 6.07) is 0.624. The molecule has 0 radical (unpaired) electrons. The summed E-state index contributed by atoms with van der Waals surface area (Å²) in [7, 11) is 0. The SMILES string of the molecule is C[C@@H]1COCCN1CC1CCNCC1.Cl. The Kier molecular flexibility index (Phi) is 5.90. The van der Waals surface area contributed by atoms with Crippen molar-refractivity contribution < 1.29 is 4.74 Å². The highest BCUT2D eigenvalue weighted by molar-refractivity contribution is 5.85. The Morgan fingerprint density at radius 1 is 1.33 bits per heavy atom. The number of nitrogens with one attached hydrogen (secondary N) is 1. The first-order chi connectivity index (χ1) is 6.86. The van der Waals surface area contributed by atoms with Gasteiger partial charge in [0.2, 0.25) is 0 Å². The van der Waals surface area contributed by atoms with E-state index in [0.29, 0.717) is 6.04 Å². The van der Waals surface area contributed by atoms with E-state index in [1.165, 1.54) is 32.5 Å². The van der Waals surface area contributed by atoms with Gasteiger partial charge in [-0.25, -0.2) is 0 Å². The number of halogens is 1. The average molecular weight is 235 g/mol. The smallest absolute Gasteiger partial charge is 0.0619 e. The van der Waals surface area contributed by atoms with E-state index >= 15 is 0 Å². The molecule has 0 saturated carbocycles. The van der Waals surface area contributed by atoms with Crippen LogP contribution in [-0.2, 0) is 4.74 Å². The Morgan fingerprint density at radius 2 is 2.07 bits per heavy atom. The van der Waals surface area contributed by atoms with E-state index in [4.69, 9.17) is 4.74 Å². The summed E-state index contributed by atoms with van der Waals surface area (Å²) in [5.41, 5.74) is 0. The molecule has 0 spiro atoms. The molecule has 90 valence electrons. The number of ether oxygens (including phenoxy) is 1. The first kappa shape index (κ1) is 13.2. The molecule has 0 aromatic carbocycles. The van der Waals surface area contributed by atoms with Crippen LogP contribution in [0.2, 0.25) is 0 Å². The molecule has 2 heterocycles. The molecule has 4 heteroatoms. The Hall–Kier alpha value is 0.170. The van der Waals surface area contributed by atoms with Crippen molar-refractivity contribution in [1.29, 1.82) is 0 Å². The second kappa shape index (κ2) is 6.69. The van der Waals surface area contributed by atoms with Gasteiger partial charge < -0.3 is 10.1 Å². The first-order valence-electron chi connectivity index (χ1n) is 5.89. The topological polar surface area (TPSA) is 24.5 Å². The van der Waals surface area contributed by atoms with Crippen LogP contribution < -0.4 is 5.32 Å². The number of hydrogen-bond acceptors (Lipinski definition) is 3. The van der Waals surface area contributed by atoms with Crippen molar-refractivity contribution in [3.63, 3.8) is 0 Å². The number of piperidine rings is 1. The van der Waals surface area contributed by atoms with Gasteiger partial charge in [0.1, 0.15) is 0 Å². The van der Waals surface area contributed by atoms with Crippen LogP contribution >= 0.6 is 12.4 Å². The summed E-state index contributed by atoms with van der Waals surface area (Å²) < 4.78 is 5.45. The normalized spacial score (nSPS) is 29.8. The third-order valence-corrected chi connectivity index (χ3v) is 3.46. The van der Waals surface area contributed by atoms with Crippen LogP contribution in [-0.4, -0.2) is 50.3 Å². The molecule has 0 bridgehead atoms. The standard InChI is InChI=1S/C11H22N2O.ClH/c1-10-9-14-7-6-13(10)8-11-2-4-12-5-3-11;/h10-12H,2-9H2,1H3;1H/t10-;/m1./s1. The first-order valence-corrected chi connectivity index (χ1v) is 5.89. The summed E-state index contributed by atoms with van der Waals surface area (Å²) in [4.78, 5) is 2.60. The van der Waals surface area contributed by atoms with E-state index in [0.717, 1.165) is 25.7 Å². The molecule has 0 aliphatic carbocycles. The highest BCUT2D eigenvalue weighted by atomic mass is 35.5. The van der Waals surface area contributed by atoms with Crippen molar-refractivity contribution in [3.05, 3.63) is 0 Å². The molecule has 0 aromatic heterocycles. The zero-order chi connectivity index (χ0) is 9.80. The van der Waals surface area contributed by atoms with Gasteiger partial charge in [0.25, 0.3) is 0 Å². The average Bonchev–Trinajstić information content (AvgIpc) is 2.23. The van der Waals surface area contributed by atoms with Gasteiger partial charge >= 0.3 is 0 Å². The number of morpholine rings is 1. The Morgan fingerprint density at radius 3 is 2.73 bits per heavy atom. The highest BCUT2D eigenvalue weighted by Gasteiger charge is 2.22. The predicted octanol–water partition coefficient (Wildman–Crippen LogP) is 1.13. The van der Waals surface area contributed by atoms with Gasteiger partial charge in [0.05, 0.1) is 13.2 Å². The summed E-state index contributed by atoms with van der Waals surface area (Å²) in [6.45, 7) is 8.96. The van der Waals surface area contributed by atoms with Gasteiger partial charge in [0, 0.05) is 19.1 Å². The molecule has 15 heavy (non-hydrogen) atoms. The largest absolute Gasteiger partial charge is 0.379 e. The van der Waals surface area contributed by atoms with Crippen LogP contribution in [0.3, 0.4) is 0 Å². The Bertz CT molecular complexity index is 174. The Balaban J connectivity index is 0.00000112. The summed E-state index contributed by atoms with van der Waals surface area (Å²) in [5, 5.41) is 3.42. The van der Waals surface area contributed by atoms with Crippen molar-refractivity contribution in [2.24, 2.45) is 5.92 Å². The van der Waals surface area contributed by atoms with E-state index in [1.54, 1.807) is 0 Å². The van der Waals surface area contributed by atoms with Gasteiger partial charge in [-0.3, -0.25) is 4.90 Å². The second-order valence-electron chi connectivity index (χ2n) is 4.61. The maximum Gasteiger partial charge on any atom is 0.0619 e. The van der Waals surface area contributed by atoms with Gasteiger partial charge in [-0.1, -0.05) is 0 Å². The van der Waals surface area contributed by atoms with Gasteiger partial charge in [-0.2, -0.15) is 0 Å². The quantitative estimate of drug-likeness (QED) is 0.776. The van der Waals surface area contributed by atoms with Crippen LogP contribution in [0.4, 0.5) is 0 Å². The van der Waals surface area contributed by atoms with E-state index in [2.05, 4.69) is 17.1 Å². The summed E-state index contributed by atoms with van der Waals surface area (Å²) >= 11 is 0. The molecular formula is C11H23ClN2O. The molecule has 0 aromatic rings. The number of nitrogens with zero attached hydrogens (tertiary/aromatic N) is 1. The van der Waals surface area contributed by atoms with Crippen LogP contribution in [0.25, 0.3) is 0 Å². The molecule has 2 fully saturated rings. The molecule has 2 saturated heterocycles. The monoisotopic (exact) mass is 234 g/mol. The second-order valence-corrected chi connectivity index (χ2v) is 4.61. The number of hydrogen-bond donors (Lipinski definition) is 1. The van der Waals surface area contributed by atoms with Crippen molar-refractivity contribution in [1.82, 2.24) is 10.2 Å². The third-order valence-electron chi connectivity index (χ3n) is 3.46. The lowest BCUT2D eigenvalue weighted by molar-refractivity contribution is -0.00912. The van der Waals surface area contributed by atoms with E-state index in [-0.39, 0.29) is 12.4 Å². The van der Waals surface area contributed by atoms with Crippen LogP contribution in [0.1, 0.15) is 19.8 Å². The van der Waals surface area contributed by atoms with Crippen molar-refractivity contribution in [2.75, 3.05) is 39.4 Å². The summed E-state index contributed by atoms with van der Waals surface area (Å²) in [6.07, 6.45) is 2.70. The molecule has 1 N–H and O–H groups in total. The van der Waals surface area contributed by atoms with Crippen molar-refractivity contribution >= 4 is 12.4 Å². The molecular weight excluding hydrogens is 212 g/mol. The molecule has 0 unspecified atom stereocenters. The lowest BCUT2D eigenvalue weighted by Crippen LogP contribution is -2.47. The molecule has 3 nitrogen and oxygen atoms in total. The third kappa shape index (κ3) is 3.91. The maximum absolute atomic E-state index is 5.45. The lowest BCUT2D eigenvalue weighted by atomic mass is 9.97. The van der Waals surface area contributed by atoms with Gasteiger partial charge in [-0.05, 0) is 38.8 Å². The maximum atomic E-state index is 5.45. The van der Waals surface area contributed by atoms with Gasteiger partial charge in [-0.15, -0.1) is 12.4 Å². The van der Waals surface area contributed by atoms with Crippen molar-refractivity contribution in [2.45, 2.75) is 25.8 Å². The zero-order valence-corrected chi connectivity index (χ0v) is 10.4. The fourth-order valence-corrected chi connectivity index (χ4v) is 2.43. The Labute approximate surface area is 99.0 Å². The minimum atomic E-state index is 0. The van der Waals surface area contributed by atoms with Crippen molar-refractivity contribution in [3.8, 4) is 0 Å².